The van der Waals surface area contributed by atoms with Crippen LogP contribution >= 0.6 is 0 Å². The molecule has 0 amide bonds. The summed E-state index contributed by atoms with van der Waals surface area (Å²) in [6, 6.07) is 0. The Balaban J connectivity index is 4.00. The standard InChI is InChI=1S/C21H42O8/c1-2-3-4-5-6-7-8-9-10-11-21(26)29-20(16-27-14-18(24)12-22)17-28-15-19(25)13-23/h18-20,22-25H,2-17H2,1H3. The van der Waals surface area contributed by atoms with Crippen molar-refractivity contribution in [3.8, 4) is 0 Å². The van der Waals surface area contributed by atoms with E-state index in [1.54, 1.807) is 0 Å². The fourth-order valence-electron chi connectivity index (χ4n) is 2.72. The van der Waals surface area contributed by atoms with Gasteiger partial charge < -0.3 is 34.6 Å². The van der Waals surface area contributed by atoms with Gasteiger partial charge in [-0.3, -0.25) is 4.79 Å². The third-order valence-electron chi connectivity index (χ3n) is 4.43. The van der Waals surface area contributed by atoms with Gasteiger partial charge in [-0.2, -0.15) is 0 Å². The Labute approximate surface area is 175 Å². The number of carbonyl (C=O) groups excluding carboxylic acids is 1. The highest BCUT2D eigenvalue weighted by molar-refractivity contribution is 5.69. The average molecular weight is 423 g/mol. The second-order valence-corrected chi connectivity index (χ2v) is 7.44. The minimum Gasteiger partial charge on any atom is -0.457 e. The van der Waals surface area contributed by atoms with Crippen LogP contribution in [-0.2, 0) is 19.0 Å². The van der Waals surface area contributed by atoms with E-state index in [0.717, 1.165) is 19.3 Å². The molecule has 174 valence electrons. The predicted octanol–water partition coefficient (Wildman–Crippen LogP) is 1.56. The number of hydrogen-bond donors (Lipinski definition) is 4. The molecule has 0 aromatic rings. The van der Waals surface area contributed by atoms with Crippen LogP contribution in [0.2, 0.25) is 0 Å². The SMILES string of the molecule is CCCCCCCCCCCC(=O)OC(COCC(O)CO)COCC(O)CO. The summed E-state index contributed by atoms with van der Waals surface area (Å²) in [6.45, 7) is 1.24. The minimum atomic E-state index is -0.995. The highest BCUT2D eigenvalue weighted by Crippen LogP contribution is 2.11. The van der Waals surface area contributed by atoms with Gasteiger partial charge in [0.2, 0.25) is 0 Å². The maximum Gasteiger partial charge on any atom is 0.306 e. The second-order valence-electron chi connectivity index (χ2n) is 7.44. The van der Waals surface area contributed by atoms with E-state index in [2.05, 4.69) is 6.92 Å². The number of carbonyl (C=O) groups is 1. The van der Waals surface area contributed by atoms with Crippen molar-refractivity contribution < 1.29 is 39.4 Å². The number of hydrogen-bond acceptors (Lipinski definition) is 8. The van der Waals surface area contributed by atoms with Crippen molar-refractivity contribution in [2.24, 2.45) is 0 Å². The van der Waals surface area contributed by atoms with Crippen LogP contribution in [0.15, 0.2) is 0 Å². The lowest BCUT2D eigenvalue weighted by atomic mass is 10.1. The largest absolute Gasteiger partial charge is 0.457 e. The molecule has 0 rings (SSSR count). The number of unbranched alkanes of at least 4 members (excludes halogenated alkanes) is 8. The van der Waals surface area contributed by atoms with E-state index in [4.69, 9.17) is 24.4 Å². The van der Waals surface area contributed by atoms with Gasteiger partial charge in [-0.05, 0) is 6.42 Å². The van der Waals surface area contributed by atoms with E-state index in [0.29, 0.717) is 6.42 Å². The van der Waals surface area contributed by atoms with Gasteiger partial charge in [-0.15, -0.1) is 0 Å². The van der Waals surface area contributed by atoms with Gasteiger partial charge in [0, 0.05) is 6.42 Å². The smallest absolute Gasteiger partial charge is 0.306 e. The molecule has 8 heteroatoms. The molecule has 0 aliphatic heterocycles. The highest BCUT2D eigenvalue weighted by Gasteiger charge is 2.17. The first-order chi connectivity index (χ1) is 14.0. The fourth-order valence-corrected chi connectivity index (χ4v) is 2.72. The molecule has 8 nitrogen and oxygen atoms in total. The third kappa shape index (κ3) is 19.0. The Kier molecular flexibility index (Phi) is 20.0. The average Bonchev–Trinajstić information content (AvgIpc) is 2.71. The van der Waals surface area contributed by atoms with Crippen LogP contribution in [0.1, 0.15) is 71.1 Å². The third-order valence-corrected chi connectivity index (χ3v) is 4.43. The second kappa shape index (κ2) is 20.5. The number of aliphatic hydroxyl groups is 4. The number of esters is 1. The van der Waals surface area contributed by atoms with E-state index in [1.165, 1.54) is 38.5 Å². The number of ether oxygens (including phenoxy) is 3. The molecule has 0 fully saturated rings. The van der Waals surface area contributed by atoms with E-state index in [9.17, 15) is 15.0 Å². The van der Waals surface area contributed by atoms with Crippen LogP contribution in [0.25, 0.3) is 0 Å². The summed E-state index contributed by atoms with van der Waals surface area (Å²) < 4.78 is 15.9. The van der Waals surface area contributed by atoms with Gasteiger partial charge in [0.15, 0.2) is 0 Å². The molecule has 0 spiro atoms. The van der Waals surface area contributed by atoms with Crippen molar-refractivity contribution in [1.29, 1.82) is 0 Å². The van der Waals surface area contributed by atoms with E-state index >= 15 is 0 Å². The normalized spacial score (nSPS) is 14.5. The molecule has 0 radical (unpaired) electrons. The zero-order valence-corrected chi connectivity index (χ0v) is 18.0. The van der Waals surface area contributed by atoms with Gasteiger partial charge >= 0.3 is 5.97 Å². The van der Waals surface area contributed by atoms with Gasteiger partial charge in [-0.1, -0.05) is 58.3 Å². The summed E-state index contributed by atoms with van der Waals surface area (Å²) >= 11 is 0. The Morgan fingerprint density at radius 3 is 1.62 bits per heavy atom. The van der Waals surface area contributed by atoms with Gasteiger partial charge in [0.1, 0.15) is 18.3 Å². The molecule has 4 N–H and O–H groups in total. The molecule has 0 saturated heterocycles. The molecule has 0 aliphatic carbocycles. The van der Waals surface area contributed by atoms with E-state index in [-0.39, 0.29) is 32.4 Å². The van der Waals surface area contributed by atoms with Crippen molar-refractivity contribution in [3.05, 3.63) is 0 Å². The summed E-state index contributed by atoms with van der Waals surface area (Å²) in [5, 5.41) is 36.2. The molecule has 0 aromatic heterocycles. The molecule has 29 heavy (non-hydrogen) atoms. The Bertz CT molecular complexity index is 351. The number of rotatable bonds is 21. The first kappa shape index (κ1) is 28.2. The monoisotopic (exact) mass is 422 g/mol. The molecule has 2 unspecified atom stereocenters. The molecule has 2 atom stereocenters. The quantitative estimate of drug-likeness (QED) is 0.162. The topological polar surface area (TPSA) is 126 Å². The molecule has 0 bridgehead atoms. The summed E-state index contributed by atoms with van der Waals surface area (Å²) in [6.07, 6.45) is 8.13. The summed E-state index contributed by atoms with van der Waals surface area (Å²) in [5.74, 6) is -0.337. The zero-order chi connectivity index (χ0) is 21.7. The van der Waals surface area contributed by atoms with Crippen molar-refractivity contribution >= 4 is 5.97 Å². The van der Waals surface area contributed by atoms with Crippen molar-refractivity contribution in [3.63, 3.8) is 0 Å². The van der Waals surface area contributed by atoms with Crippen LogP contribution in [0.5, 0.6) is 0 Å². The first-order valence-corrected chi connectivity index (χ1v) is 11.0. The lowest BCUT2D eigenvalue weighted by Gasteiger charge is -2.19. The molecule has 0 aliphatic rings. The van der Waals surface area contributed by atoms with Crippen LogP contribution in [0.4, 0.5) is 0 Å². The lowest BCUT2D eigenvalue weighted by Crippen LogP contribution is -2.32. The van der Waals surface area contributed by atoms with Crippen molar-refractivity contribution in [2.75, 3.05) is 39.6 Å². The van der Waals surface area contributed by atoms with Crippen molar-refractivity contribution in [1.82, 2.24) is 0 Å². The maximum absolute atomic E-state index is 12.1. The van der Waals surface area contributed by atoms with Crippen LogP contribution in [0.3, 0.4) is 0 Å². The van der Waals surface area contributed by atoms with Gasteiger partial charge in [0.05, 0.1) is 39.6 Å². The Morgan fingerprint density at radius 1 is 0.724 bits per heavy atom. The van der Waals surface area contributed by atoms with Crippen LogP contribution < -0.4 is 0 Å². The molecular weight excluding hydrogens is 380 g/mol. The number of aliphatic hydroxyl groups excluding tert-OH is 4. The summed E-state index contributed by atoms with van der Waals surface area (Å²) in [4.78, 5) is 12.1. The molecule has 0 saturated carbocycles. The summed E-state index contributed by atoms with van der Waals surface area (Å²) in [7, 11) is 0. The Hall–Kier alpha value is -0.770. The molecular formula is C21H42O8. The van der Waals surface area contributed by atoms with E-state index < -0.39 is 31.5 Å². The highest BCUT2D eigenvalue weighted by atomic mass is 16.6. The van der Waals surface area contributed by atoms with Crippen molar-refractivity contribution in [2.45, 2.75) is 89.4 Å². The van der Waals surface area contributed by atoms with E-state index in [1.807, 2.05) is 0 Å². The van der Waals surface area contributed by atoms with Gasteiger partial charge in [-0.25, -0.2) is 0 Å². The van der Waals surface area contributed by atoms with Crippen LogP contribution in [-0.4, -0.2) is 84.3 Å². The predicted molar refractivity (Wildman–Crippen MR) is 110 cm³/mol. The minimum absolute atomic E-state index is 0.00970. The zero-order valence-electron chi connectivity index (χ0n) is 18.0. The van der Waals surface area contributed by atoms with Gasteiger partial charge in [0.25, 0.3) is 0 Å². The molecule has 0 aromatic carbocycles. The first-order valence-electron chi connectivity index (χ1n) is 11.0. The van der Waals surface area contributed by atoms with Crippen LogP contribution in [0, 0.1) is 0 Å². The summed E-state index contributed by atoms with van der Waals surface area (Å²) in [5.41, 5.74) is 0. The maximum atomic E-state index is 12.1. The lowest BCUT2D eigenvalue weighted by molar-refractivity contribution is -0.158. The Morgan fingerprint density at radius 2 is 1.17 bits per heavy atom. The molecule has 0 heterocycles. The fraction of sp³-hybridized carbons (Fsp3) is 0.952.